The molecule has 2 aromatic heterocycles. The van der Waals surface area contributed by atoms with Gasteiger partial charge in [-0.2, -0.15) is 5.10 Å². The van der Waals surface area contributed by atoms with Gasteiger partial charge in [0, 0.05) is 18.3 Å². The first-order valence-electron chi connectivity index (χ1n) is 8.67. The molecule has 7 heteroatoms. The third kappa shape index (κ3) is 4.35. The lowest BCUT2D eigenvalue weighted by Crippen LogP contribution is -2.29. The standard InChI is InChI=1S/C18H26N4O3/c1-6-7-19-16(23)10-25-18(24)13-8-15(11(2)3)21-17-14(13)9-20-22(17)12(4)5/h8-9,11-12H,6-7,10H2,1-5H3,(H,19,23). The maximum Gasteiger partial charge on any atom is 0.339 e. The van der Waals surface area contributed by atoms with Crippen molar-refractivity contribution in [3.63, 3.8) is 0 Å². The molecule has 0 unspecified atom stereocenters. The Balaban J connectivity index is 2.32. The smallest absolute Gasteiger partial charge is 0.339 e. The van der Waals surface area contributed by atoms with E-state index < -0.39 is 5.97 Å². The van der Waals surface area contributed by atoms with Crippen LogP contribution in [0.4, 0.5) is 0 Å². The summed E-state index contributed by atoms with van der Waals surface area (Å²) in [7, 11) is 0. The second-order valence-electron chi connectivity index (χ2n) is 6.60. The van der Waals surface area contributed by atoms with Crippen molar-refractivity contribution in [1.82, 2.24) is 20.1 Å². The minimum atomic E-state index is -0.538. The molecule has 7 nitrogen and oxygen atoms in total. The Morgan fingerprint density at radius 3 is 2.60 bits per heavy atom. The van der Waals surface area contributed by atoms with Crippen molar-refractivity contribution in [2.45, 2.75) is 53.0 Å². The number of fused-ring (bicyclic) bond motifs is 1. The summed E-state index contributed by atoms with van der Waals surface area (Å²) in [6, 6.07) is 1.85. The summed E-state index contributed by atoms with van der Waals surface area (Å²) in [6.45, 7) is 10.3. The second-order valence-corrected chi connectivity index (χ2v) is 6.60. The van der Waals surface area contributed by atoms with Crippen molar-refractivity contribution in [2.24, 2.45) is 0 Å². The van der Waals surface area contributed by atoms with Gasteiger partial charge < -0.3 is 10.1 Å². The highest BCUT2D eigenvalue weighted by Gasteiger charge is 2.20. The molecule has 0 saturated carbocycles. The number of carbonyl (C=O) groups excluding carboxylic acids is 2. The van der Waals surface area contributed by atoms with Crippen molar-refractivity contribution in [3.8, 4) is 0 Å². The minimum absolute atomic E-state index is 0.121. The van der Waals surface area contributed by atoms with Gasteiger partial charge in [0.15, 0.2) is 12.3 Å². The summed E-state index contributed by atoms with van der Waals surface area (Å²) >= 11 is 0. The highest BCUT2D eigenvalue weighted by atomic mass is 16.5. The van der Waals surface area contributed by atoms with E-state index in [1.165, 1.54) is 0 Å². The van der Waals surface area contributed by atoms with E-state index >= 15 is 0 Å². The van der Waals surface area contributed by atoms with Gasteiger partial charge in [-0.25, -0.2) is 14.5 Å². The van der Waals surface area contributed by atoms with E-state index in [4.69, 9.17) is 4.74 Å². The number of hydrogen-bond acceptors (Lipinski definition) is 5. The van der Waals surface area contributed by atoms with Crippen molar-refractivity contribution >= 4 is 22.9 Å². The number of aromatic nitrogens is 3. The van der Waals surface area contributed by atoms with Gasteiger partial charge in [-0.15, -0.1) is 0 Å². The first kappa shape index (κ1) is 18.9. The van der Waals surface area contributed by atoms with Crippen LogP contribution in [0.3, 0.4) is 0 Å². The Morgan fingerprint density at radius 2 is 2.00 bits per heavy atom. The zero-order chi connectivity index (χ0) is 18.6. The molecule has 136 valence electrons. The van der Waals surface area contributed by atoms with Crippen molar-refractivity contribution < 1.29 is 14.3 Å². The molecule has 25 heavy (non-hydrogen) atoms. The molecule has 0 aliphatic heterocycles. The average molecular weight is 346 g/mol. The number of ether oxygens (including phenoxy) is 1. The summed E-state index contributed by atoms with van der Waals surface area (Å²) in [5.41, 5.74) is 1.84. The van der Waals surface area contributed by atoms with Crippen LogP contribution in [0.25, 0.3) is 11.0 Å². The monoisotopic (exact) mass is 346 g/mol. The van der Waals surface area contributed by atoms with Gasteiger partial charge in [-0.05, 0) is 32.3 Å². The fourth-order valence-electron chi connectivity index (χ4n) is 2.40. The summed E-state index contributed by atoms with van der Waals surface area (Å²) in [6.07, 6.45) is 2.46. The van der Waals surface area contributed by atoms with Gasteiger partial charge in [-0.1, -0.05) is 20.8 Å². The summed E-state index contributed by atoms with van der Waals surface area (Å²) in [5.74, 6) is -0.689. The van der Waals surface area contributed by atoms with E-state index in [9.17, 15) is 9.59 Å². The Bertz CT molecular complexity index is 765. The molecule has 0 radical (unpaired) electrons. The number of pyridine rings is 1. The summed E-state index contributed by atoms with van der Waals surface area (Å²) in [4.78, 5) is 28.8. The van der Waals surface area contributed by atoms with E-state index in [1.54, 1.807) is 16.9 Å². The van der Waals surface area contributed by atoms with Crippen LogP contribution in [0.5, 0.6) is 0 Å². The second kappa shape index (κ2) is 8.09. The third-order valence-corrected chi connectivity index (χ3v) is 3.79. The largest absolute Gasteiger partial charge is 0.452 e. The van der Waals surface area contributed by atoms with Crippen LogP contribution in [0.2, 0.25) is 0 Å². The molecule has 0 atom stereocenters. The predicted molar refractivity (Wildman–Crippen MR) is 95.6 cm³/mol. The number of amides is 1. The molecule has 1 N–H and O–H groups in total. The topological polar surface area (TPSA) is 86.1 Å². The van der Waals surface area contributed by atoms with Gasteiger partial charge in [0.05, 0.1) is 17.1 Å². The van der Waals surface area contributed by atoms with Crippen molar-refractivity contribution in [1.29, 1.82) is 0 Å². The number of hydrogen-bond donors (Lipinski definition) is 1. The number of rotatable bonds is 7. The van der Waals surface area contributed by atoms with Crippen LogP contribution in [-0.2, 0) is 9.53 Å². The van der Waals surface area contributed by atoms with E-state index in [1.807, 2.05) is 34.6 Å². The summed E-state index contributed by atoms with van der Waals surface area (Å²) in [5, 5.41) is 7.66. The zero-order valence-corrected chi connectivity index (χ0v) is 15.5. The van der Waals surface area contributed by atoms with E-state index in [-0.39, 0.29) is 24.5 Å². The Kier molecular flexibility index (Phi) is 6.12. The highest BCUT2D eigenvalue weighted by Crippen LogP contribution is 2.24. The molecular formula is C18H26N4O3. The van der Waals surface area contributed by atoms with Gasteiger partial charge in [0.25, 0.3) is 5.91 Å². The normalized spacial score (nSPS) is 11.3. The fraction of sp³-hybridized carbons (Fsp3) is 0.556. The Morgan fingerprint density at radius 1 is 1.28 bits per heavy atom. The minimum Gasteiger partial charge on any atom is -0.452 e. The Hall–Kier alpha value is -2.44. The van der Waals surface area contributed by atoms with Crippen LogP contribution < -0.4 is 5.32 Å². The van der Waals surface area contributed by atoms with Crippen LogP contribution in [0.1, 0.15) is 69.1 Å². The number of nitrogens with zero attached hydrogens (tertiary/aromatic N) is 3. The molecule has 0 fully saturated rings. The van der Waals surface area contributed by atoms with Crippen molar-refractivity contribution in [2.75, 3.05) is 13.2 Å². The lowest BCUT2D eigenvalue weighted by molar-refractivity contribution is -0.124. The molecule has 0 saturated heterocycles. The number of nitrogens with one attached hydrogen (secondary N) is 1. The zero-order valence-electron chi connectivity index (χ0n) is 15.5. The lowest BCUT2D eigenvalue weighted by atomic mass is 10.1. The van der Waals surface area contributed by atoms with E-state index in [0.29, 0.717) is 23.1 Å². The fourth-order valence-corrected chi connectivity index (χ4v) is 2.40. The molecule has 0 bridgehead atoms. The average Bonchev–Trinajstić information content (AvgIpc) is 3.00. The predicted octanol–water partition coefficient (Wildman–Crippen LogP) is 2.82. The van der Waals surface area contributed by atoms with Gasteiger partial charge in [0.1, 0.15) is 0 Å². The van der Waals surface area contributed by atoms with Gasteiger partial charge in [-0.3, -0.25) is 4.79 Å². The van der Waals surface area contributed by atoms with Crippen molar-refractivity contribution in [3.05, 3.63) is 23.5 Å². The van der Waals surface area contributed by atoms with Crippen LogP contribution in [0, 0.1) is 0 Å². The van der Waals surface area contributed by atoms with E-state index in [0.717, 1.165) is 12.1 Å². The molecule has 2 heterocycles. The van der Waals surface area contributed by atoms with Gasteiger partial charge in [0.2, 0.25) is 0 Å². The molecular weight excluding hydrogens is 320 g/mol. The molecule has 1 amide bonds. The van der Waals surface area contributed by atoms with Crippen LogP contribution >= 0.6 is 0 Å². The molecule has 2 rings (SSSR count). The van der Waals surface area contributed by atoms with Crippen LogP contribution in [0.15, 0.2) is 12.3 Å². The molecule has 0 spiro atoms. The first-order valence-corrected chi connectivity index (χ1v) is 8.67. The lowest BCUT2D eigenvalue weighted by Gasteiger charge is -2.12. The molecule has 0 aliphatic carbocycles. The maximum atomic E-state index is 12.5. The third-order valence-electron chi connectivity index (χ3n) is 3.79. The quantitative estimate of drug-likeness (QED) is 0.779. The maximum absolute atomic E-state index is 12.5. The first-order chi connectivity index (χ1) is 11.8. The number of carbonyl (C=O) groups is 2. The SMILES string of the molecule is CCCNC(=O)COC(=O)c1cc(C(C)C)nc2c1cnn2C(C)C. The molecule has 2 aromatic rings. The van der Waals surface area contributed by atoms with Crippen LogP contribution in [-0.4, -0.2) is 39.8 Å². The Labute approximate surface area is 147 Å². The molecule has 0 aliphatic rings. The van der Waals surface area contributed by atoms with Gasteiger partial charge >= 0.3 is 5.97 Å². The van der Waals surface area contributed by atoms with E-state index in [2.05, 4.69) is 15.4 Å². The molecule has 0 aromatic carbocycles. The number of esters is 1. The summed E-state index contributed by atoms with van der Waals surface area (Å²) < 4.78 is 6.97. The highest BCUT2D eigenvalue weighted by molar-refractivity contribution is 6.03.